The molecule has 1 aliphatic heterocycles. The van der Waals surface area contributed by atoms with Crippen molar-refractivity contribution in [1.82, 2.24) is 0 Å². The first-order valence-corrected chi connectivity index (χ1v) is 2.81. The summed E-state index contributed by atoms with van der Waals surface area (Å²) in [7, 11) is 0. The van der Waals surface area contributed by atoms with Crippen LogP contribution in [0.2, 0.25) is 0 Å². The van der Waals surface area contributed by atoms with Crippen LogP contribution in [0.25, 0.3) is 0 Å². The average molecular weight is 166 g/mol. The van der Waals surface area contributed by atoms with Gasteiger partial charge in [-0.2, -0.15) is 0 Å². The van der Waals surface area contributed by atoms with Gasteiger partial charge in [0.25, 0.3) is 6.17 Å². The fourth-order valence-electron chi connectivity index (χ4n) is 0.478. The Labute approximate surface area is 86.9 Å². The fourth-order valence-corrected chi connectivity index (χ4v) is 0.478. The Kier molecular flexibility index (Phi) is 5.18. The molecule has 0 fully saturated rings. The molecule has 0 aromatic rings. The van der Waals surface area contributed by atoms with Crippen molar-refractivity contribution >= 4 is 5.97 Å². The summed E-state index contributed by atoms with van der Waals surface area (Å²) in [4.78, 5) is 10.7. The van der Waals surface area contributed by atoms with Crippen LogP contribution in [0, 0.1) is 0 Å². The van der Waals surface area contributed by atoms with Crippen molar-refractivity contribution in [1.29, 1.82) is 0 Å². The van der Waals surface area contributed by atoms with Crippen molar-refractivity contribution in [2.45, 2.75) is 13.1 Å². The van der Waals surface area contributed by atoms with Gasteiger partial charge in [0, 0.05) is 0 Å². The summed E-state index contributed by atoms with van der Waals surface area (Å²) in [6.07, 6.45) is -0.861. The third-order valence-corrected chi connectivity index (χ3v) is 0.859. The first kappa shape index (κ1) is 10.7. The Morgan fingerprint density at radius 3 is 2.55 bits per heavy atom. The molecule has 0 saturated heterocycles. The molecule has 0 aromatic carbocycles. The Balaban J connectivity index is 0. The van der Waals surface area contributed by atoms with Crippen LogP contribution in [0.4, 0.5) is 0 Å². The van der Waals surface area contributed by atoms with E-state index in [4.69, 9.17) is 0 Å². The zero-order valence-electron chi connectivity index (χ0n) is 7.39. The molecule has 0 saturated carbocycles. The van der Waals surface area contributed by atoms with E-state index in [1.54, 1.807) is 6.92 Å². The van der Waals surface area contributed by atoms with Crippen LogP contribution in [0.5, 0.6) is 0 Å². The molecule has 0 spiro atoms. The maximum atomic E-state index is 10.7. The molecule has 0 bridgehead atoms. The smallest absolute Gasteiger partial charge is 1.00 e. The Hall–Kier alpha value is -0.330. The molecule has 0 amide bonds. The van der Waals surface area contributed by atoms with Crippen LogP contribution in [0.3, 0.4) is 0 Å². The standard InChI is InChI=1S/C4H6N4O2.Na.H/c1-2-10-4(9)3-5-7-8-6-3;;/h3H,2H2,1H3;;/q;+1;-1. The second-order valence-electron chi connectivity index (χ2n) is 1.54. The zero-order valence-corrected chi connectivity index (χ0v) is 8.39. The third kappa shape index (κ3) is 3.04. The van der Waals surface area contributed by atoms with Crippen molar-refractivity contribution in [3.8, 4) is 0 Å². The van der Waals surface area contributed by atoms with Gasteiger partial charge in [0.05, 0.1) is 6.61 Å². The number of nitrogens with zero attached hydrogens (tertiary/aromatic N) is 4. The molecule has 0 atom stereocenters. The van der Waals surface area contributed by atoms with Gasteiger partial charge in [0.15, 0.2) is 0 Å². The normalized spacial score (nSPS) is 14.6. The molecular formula is C4H7N4NaO2. The second kappa shape index (κ2) is 5.34. The van der Waals surface area contributed by atoms with Gasteiger partial charge in [0.2, 0.25) is 0 Å². The van der Waals surface area contributed by atoms with Gasteiger partial charge >= 0.3 is 35.5 Å². The first-order valence-electron chi connectivity index (χ1n) is 2.81. The van der Waals surface area contributed by atoms with Gasteiger partial charge in [0.1, 0.15) is 0 Å². The zero-order chi connectivity index (χ0) is 7.40. The summed E-state index contributed by atoms with van der Waals surface area (Å²) < 4.78 is 4.58. The third-order valence-electron chi connectivity index (χ3n) is 0.859. The van der Waals surface area contributed by atoms with Crippen molar-refractivity contribution in [2.24, 2.45) is 20.7 Å². The molecule has 7 heteroatoms. The van der Waals surface area contributed by atoms with E-state index in [-0.39, 0.29) is 31.0 Å². The molecule has 56 valence electrons. The summed E-state index contributed by atoms with van der Waals surface area (Å²) >= 11 is 0. The number of carbonyl (C=O) groups excluding carboxylic acids is 1. The molecule has 0 radical (unpaired) electrons. The van der Waals surface area contributed by atoms with E-state index in [0.29, 0.717) is 6.61 Å². The molecule has 1 aliphatic rings. The maximum absolute atomic E-state index is 10.7. The van der Waals surface area contributed by atoms with E-state index in [9.17, 15) is 4.79 Å². The summed E-state index contributed by atoms with van der Waals surface area (Å²) in [6.45, 7) is 2.03. The minimum absolute atomic E-state index is 0. The van der Waals surface area contributed by atoms with Crippen LogP contribution in [-0.4, -0.2) is 18.7 Å². The van der Waals surface area contributed by atoms with Gasteiger partial charge in [-0.3, -0.25) is 0 Å². The molecule has 0 unspecified atom stereocenters. The first-order chi connectivity index (χ1) is 4.84. The summed E-state index contributed by atoms with van der Waals surface area (Å²) in [5.41, 5.74) is 0. The molecule has 0 aromatic heterocycles. The van der Waals surface area contributed by atoms with E-state index < -0.39 is 12.1 Å². The van der Waals surface area contributed by atoms with Gasteiger partial charge in [-0.15, -0.1) is 10.2 Å². The predicted octanol–water partition coefficient (Wildman–Crippen LogP) is -2.17. The molecule has 11 heavy (non-hydrogen) atoms. The van der Waals surface area contributed by atoms with Crippen molar-refractivity contribution in [3.05, 3.63) is 0 Å². The van der Waals surface area contributed by atoms with Crippen LogP contribution in [-0.2, 0) is 9.53 Å². The quantitative estimate of drug-likeness (QED) is 0.345. The maximum Gasteiger partial charge on any atom is 1.00 e. The van der Waals surface area contributed by atoms with Gasteiger partial charge in [-0.1, -0.05) is 0 Å². The van der Waals surface area contributed by atoms with E-state index in [1.807, 2.05) is 0 Å². The topological polar surface area (TPSA) is 75.7 Å². The van der Waals surface area contributed by atoms with Gasteiger partial charge in [-0.05, 0) is 17.4 Å². The van der Waals surface area contributed by atoms with Crippen LogP contribution >= 0.6 is 0 Å². The SMILES string of the molecule is CCOC(=O)C1N=NN=N1.[H-].[Na+]. The largest absolute Gasteiger partial charge is 1.00 e. The Bertz CT molecular complexity index is 185. The summed E-state index contributed by atoms with van der Waals surface area (Å²) in [6, 6.07) is 0. The summed E-state index contributed by atoms with van der Waals surface area (Å²) in [5, 5.41) is 13.0. The number of ether oxygens (including phenoxy) is 1. The number of esters is 1. The summed E-state index contributed by atoms with van der Waals surface area (Å²) in [5.74, 6) is -0.507. The van der Waals surface area contributed by atoms with Crippen LogP contribution in [0.1, 0.15) is 8.35 Å². The molecule has 1 heterocycles. The predicted molar refractivity (Wildman–Crippen MR) is 31.2 cm³/mol. The van der Waals surface area contributed by atoms with Gasteiger partial charge < -0.3 is 6.16 Å². The Morgan fingerprint density at radius 2 is 2.09 bits per heavy atom. The van der Waals surface area contributed by atoms with E-state index in [0.717, 1.165) is 0 Å². The van der Waals surface area contributed by atoms with Gasteiger partial charge in [-0.25, -0.2) is 4.79 Å². The number of rotatable bonds is 2. The van der Waals surface area contributed by atoms with Crippen LogP contribution in [0.15, 0.2) is 20.7 Å². The van der Waals surface area contributed by atoms with Crippen LogP contribution < -0.4 is 29.6 Å². The second-order valence-corrected chi connectivity index (χ2v) is 1.54. The average Bonchev–Trinajstić information content (AvgIpc) is 2.38. The van der Waals surface area contributed by atoms with E-state index >= 15 is 0 Å². The number of hydrogen-bond donors (Lipinski definition) is 0. The van der Waals surface area contributed by atoms with Crippen molar-refractivity contribution in [2.75, 3.05) is 6.61 Å². The number of hydrogen-bond acceptors (Lipinski definition) is 6. The molecule has 0 aliphatic carbocycles. The minimum atomic E-state index is -0.861. The monoisotopic (exact) mass is 166 g/mol. The van der Waals surface area contributed by atoms with E-state index in [2.05, 4.69) is 25.4 Å². The molecule has 6 nitrogen and oxygen atoms in total. The minimum Gasteiger partial charge on any atom is -1.00 e. The fraction of sp³-hybridized carbons (Fsp3) is 0.750. The number of carbonyl (C=O) groups is 1. The van der Waals surface area contributed by atoms with Crippen molar-refractivity contribution in [3.63, 3.8) is 0 Å². The van der Waals surface area contributed by atoms with E-state index in [1.165, 1.54) is 0 Å². The molecule has 1 rings (SSSR count). The molecular weight excluding hydrogens is 159 g/mol. The Morgan fingerprint density at radius 1 is 1.55 bits per heavy atom. The molecule has 0 N–H and O–H groups in total. The van der Waals surface area contributed by atoms with Crippen molar-refractivity contribution < 1.29 is 40.5 Å².